The van der Waals surface area contributed by atoms with E-state index in [0.717, 1.165) is 16.1 Å². The molecule has 8 nitrogen and oxygen atoms in total. The van der Waals surface area contributed by atoms with Crippen LogP contribution in [0.25, 0.3) is 32.9 Å². The highest BCUT2D eigenvalue weighted by Gasteiger charge is 2.40. The topological polar surface area (TPSA) is 103 Å². The summed E-state index contributed by atoms with van der Waals surface area (Å²) in [5.74, 6) is 0.648. The van der Waals surface area contributed by atoms with Crippen LogP contribution in [0, 0.1) is 0 Å². The number of hydrogen-bond acceptors (Lipinski definition) is 7. The van der Waals surface area contributed by atoms with Gasteiger partial charge in [0, 0.05) is 59.6 Å². The fourth-order valence-electron chi connectivity index (χ4n) is 5.09. The molecule has 0 fully saturated rings. The monoisotopic (exact) mass is 539 g/mol. The second kappa shape index (κ2) is 8.45. The van der Waals surface area contributed by atoms with Gasteiger partial charge in [0.25, 0.3) is 10.0 Å². The van der Waals surface area contributed by atoms with E-state index < -0.39 is 15.6 Å². The van der Waals surface area contributed by atoms with Crippen molar-refractivity contribution in [3.05, 3.63) is 108 Å². The Hall–Kier alpha value is -4.12. The Labute approximate surface area is 222 Å². The van der Waals surface area contributed by atoms with Crippen LogP contribution in [-0.4, -0.2) is 37.0 Å². The minimum atomic E-state index is -3.85. The van der Waals surface area contributed by atoms with Crippen molar-refractivity contribution >= 4 is 32.4 Å². The number of pyridine rings is 1. The lowest BCUT2D eigenvalue weighted by atomic mass is 9.90. The van der Waals surface area contributed by atoms with Crippen LogP contribution in [0.4, 0.5) is 0 Å². The van der Waals surface area contributed by atoms with Crippen molar-refractivity contribution in [3.63, 3.8) is 0 Å². The lowest BCUT2D eigenvalue weighted by molar-refractivity contribution is 0.0786. The van der Waals surface area contributed by atoms with Crippen LogP contribution >= 0.6 is 11.3 Å². The average molecular weight is 540 g/mol. The Morgan fingerprint density at radius 2 is 1.84 bits per heavy atom. The van der Waals surface area contributed by atoms with E-state index in [4.69, 9.17) is 4.98 Å². The van der Waals surface area contributed by atoms with Gasteiger partial charge in [-0.15, -0.1) is 11.3 Å². The first-order chi connectivity index (χ1) is 18.4. The summed E-state index contributed by atoms with van der Waals surface area (Å²) < 4.78 is 30.1. The highest BCUT2D eigenvalue weighted by Crippen LogP contribution is 2.40. The Balaban J connectivity index is 1.30. The summed E-state index contributed by atoms with van der Waals surface area (Å²) in [6.45, 7) is 0.710. The summed E-state index contributed by atoms with van der Waals surface area (Å²) in [6, 6.07) is 19.7. The van der Waals surface area contributed by atoms with E-state index >= 15 is 0 Å². The van der Waals surface area contributed by atoms with E-state index in [1.54, 1.807) is 55.0 Å². The Kier molecular flexibility index (Phi) is 5.12. The van der Waals surface area contributed by atoms with Crippen molar-refractivity contribution in [2.45, 2.75) is 23.5 Å². The van der Waals surface area contributed by atoms with E-state index in [-0.39, 0.29) is 4.90 Å². The molecule has 0 bridgehead atoms. The largest absolute Gasteiger partial charge is 0.377 e. The molecule has 0 saturated heterocycles. The molecule has 1 N–H and O–H groups in total. The van der Waals surface area contributed by atoms with Crippen molar-refractivity contribution in [1.82, 2.24) is 23.5 Å². The third kappa shape index (κ3) is 3.45. The van der Waals surface area contributed by atoms with Crippen LogP contribution < -0.4 is 0 Å². The fourth-order valence-corrected chi connectivity index (χ4v) is 7.25. The molecule has 1 atom stereocenters. The Bertz CT molecular complexity index is 1920. The third-order valence-corrected chi connectivity index (χ3v) is 9.55. The fraction of sp³-hybridized carbons (Fsp3) is 0.107. The highest BCUT2D eigenvalue weighted by molar-refractivity contribution is 7.90. The van der Waals surface area contributed by atoms with Gasteiger partial charge in [-0.3, -0.25) is 0 Å². The molecule has 1 aliphatic rings. The quantitative estimate of drug-likeness (QED) is 0.334. The SMILES string of the molecule is O=S(=O)(c1ccccc1)n1cc(-c2csc(-c3cccc([C@@]4(O)CCn5ccnc54)c3)n2)c2cccnc21. The van der Waals surface area contributed by atoms with Crippen LogP contribution in [0.5, 0.6) is 0 Å². The number of aromatic nitrogens is 5. The van der Waals surface area contributed by atoms with Gasteiger partial charge in [-0.05, 0) is 35.9 Å². The average Bonchev–Trinajstić information content (AvgIpc) is 3.74. The lowest BCUT2D eigenvalue weighted by Gasteiger charge is -2.22. The maximum Gasteiger partial charge on any atom is 0.269 e. The van der Waals surface area contributed by atoms with Crippen LogP contribution in [-0.2, 0) is 22.2 Å². The molecule has 10 heteroatoms. The number of fused-ring (bicyclic) bond motifs is 2. The van der Waals surface area contributed by atoms with Gasteiger partial charge in [-0.2, -0.15) is 0 Å². The molecule has 0 spiro atoms. The Morgan fingerprint density at radius 3 is 2.71 bits per heavy atom. The van der Waals surface area contributed by atoms with Gasteiger partial charge in [0.05, 0.1) is 10.6 Å². The highest BCUT2D eigenvalue weighted by atomic mass is 32.2. The minimum Gasteiger partial charge on any atom is -0.377 e. The number of nitrogens with zero attached hydrogens (tertiary/aromatic N) is 5. The van der Waals surface area contributed by atoms with Crippen molar-refractivity contribution in [3.8, 4) is 21.8 Å². The normalized spacial score (nSPS) is 17.2. The van der Waals surface area contributed by atoms with E-state index in [1.807, 2.05) is 46.5 Å². The van der Waals surface area contributed by atoms with Gasteiger partial charge >= 0.3 is 0 Å². The molecule has 188 valence electrons. The summed E-state index contributed by atoms with van der Waals surface area (Å²) >= 11 is 1.46. The first-order valence-electron chi connectivity index (χ1n) is 12.0. The number of aryl methyl sites for hydroxylation is 1. The number of thiazole rings is 1. The number of benzene rings is 2. The van der Waals surface area contributed by atoms with Crippen molar-refractivity contribution in [2.24, 2.45) is 0 Å². The van der Waals surface area contributed by atoms with Crippen molar-refractivity contribution in [1.29, 1.82) is 0 Å². The van der Waals surface area contributed by atoms with Crippen LogP contribution in [0.3, 0.4) is 0 Å². The van der Waals surface area contributed by atoms with Crippen molar-refractivity contribution < 1.29 is 13.5 Å². The standard InChI is InChI=1S/C28H21N5O3S2/c34-28(11-14-32-15-13-30-27(28)32)20-7-4-6-19(16-20)26-31-24(18-37-26)23-17-33(25-22(23)10-5-12-29-25)38(35,36)21-8-2-1-3-9-21/h1-10,12-13,15-18,34H,11,14H2/t28-/m0/s1. The van der Waals surface area contributed by atoms with E-state index in [1.165, 1.54) is 15.3 Å². The molecule has 1 aliphatic heterocycles. The van der Waals surface area contributed by atoms with Gasteiger partial charge < -0.3 is 9.67 Å². The number of hydrogen-bond donors (Lipinski definition) is 1. The minimum absolute atomic E-state index is 0.190. The molecule has 0 unspecified atom stereocenters. The molecule has 2 aromatic carbocycles. The predicted molar refractivity (Wildman–Crippen MR) is 145 cm³/mol. The maximum atomic E-state index is 13.5. The van der Waals surface area contributed by atoms with Gasteiger partial charge in [0.15, 0.2) is 5.65 Å². The lowest BCUT2D eigenvalue weighted by Crippen LogP contribution is -2.25. The zero-order valence-electron chi connectivity index (χ0n) is 20.0. The molecular weight excluding hydrogens is 518 g/mol. The zero-order chi connectivity index (χ0) is 25.9. The molecule has 0 saturated carbocycles. The van der Waals surface area contributed by atoms with Crippen molar-refractivity contribution in [2.75, 3.05) is 0 Å². The van der Waals surface area contributed by atoms with Gasteiger partial charge in [-0.25, -0.2) is 27.3 Å². The molecule has 0 radical (unpaired) electrons. The molecule has 4 aromatic heterocycles. The zero-order valence-corrected chi connectivity index (χ0v) is 21.6. The summed E-state index contributed by atoms with van der Waals surface area (Å²) in [5.41, 5.74) is 2.18. The van der Waals surface area contributed by atoms with Gasteiger partial charge in [0.1, 0.15) is 16.4 Å². The van der Waals surface area contributed by atoms with Crippen LogP contribution in [0.2, 0.25) is 0 Å². The smallest absolute Gasteiger partial charge is 0.269 e. The number of imidazole rings is 1. The molecule has 0 amide bonds. The van der Waals surface area contributed by atoms with E-state index in [2.05, 4.69) is 9.97 Å². The van der Waals surface area contributed by atoms with Crippen LogP contribution in [0.1, 0.15) is 17.8 Å². The third-order valence-electron chi connectivity index (χ3n) is 7.00. The van der Waals surface area contributed by atoms with Gasteiger partial charge in [-0.1, -0.05) is 36.4 Å². The molecule has 5 heterocycles. The van der Waals surface area contributed by atoms with E-state index in [0.29, 0.717) is 41.1 Å². The predicted octanol–water partition coefficient (Wildman–Crippen LogP) is 4.90. The summed E-state index contributed by atoms with van der Waals surface area (Å²) in [5, 5.41) is 14.9. The Morgan fingerprint density at radius 1 is 0.974 bits per heavy atom. The number of rotatable bonds is 5. The molecule has 7 rings (SSSR count). The second-order valence-electron chi connectivity index (χ2n) is 9.20. The molecule has 6 aromatic rings. The molecule has 38 heavy (non-hydrogen) atoms. The molecule has 0 aliphatic carbocycles. The summed E-state index contributed by atoms with van der Waals surface area (Å²) in [6.07, 6.45) is 7.33. The molecular formula is C28H21N5O3S2. The van der Waals surface area contributed by atoms with Crippen LogP contribution in [0.15, 0.2) is 102 Å². The van der Waals surface area contributed by atoms with Gasteiger partial charge in [0.2, 0.25) is 0 Å². The number of aliphatic hydroxyl groups is 1. The summed E-state index contributed by atoms with van der Waals surface area (Å²) in [4.78, 5) is 13.8. The van der Waals surface area contributed by atoms with E-state index in [9.17, 15) is 13.5 Å². The first kappa shape index (κ1) is 23.0. The maximum absolute atomic E-state index is 13.5. The summed E-state index contributed by atoms with van der Waals surface area (Å²) in [7, 11) is -3.85. The second-order valence-corrected chi connectivity index (χ2v) is 11.9. The first-order valence-corrected chi connectivity index (χ1v) is 14.3.